The number of aromatic nitrogens is 4. The highest BCUT2D eigenvalue weighted by Gasteiger charge is 2.11. The fourth-order valence-corrected chi connectivity index (χ4v) is 2.96. The van der Waals surface area contributed by atoms with Crippen LogP contribution in [0.15, 0.2) is 67.5 Å². The van der Waals surface area contributed by atoms with Gasteiger partial charge in [0.05, 0.1) is 23.6 Å². The van der Waals surface area contributed by atoms with Crippen LogP contribution in [0.5, 0.6) is 0 Å². The third-order valence-electron chi connectivity index (χ3n) is 4.35. The largest absolute Gasteiger partial charge is 0.348 e. The Morgan fingerprint density at radius 1 is 1.07 bits per heavy atom. The molecular formula is C20H21N7. The Bertz CT molecular complexity index is 1050. The van der Waals surface area contributed by atoms with Gasteiger partial charge in [0, 0.05) is 62.1 Å². The average Bonchev–Trinajstić information content (AvgIpc) is 3.12. The number of anilines is 2. The molecule has 7 nitrogen and oxygen atoms in total. The van der Waals surface area contributed by atoms with Gasteiger partial charge in [-0.2, -0.15) is 0 Å². The molecule has 1 aliphatic rings. The van der Waals surface area contributed by atoms with Crippen molar-refractivity contribution in [1.29, 1.82) is 0 Å². The molecule has 0 amide bonds. The zero-order chi connectivity index (χ0) is 18.6. The van der Waals surface area contributed by atoms with Crippen LogP contribution in [0.2, 0.25) is 0 Å². The van der Waals surface area contributed by atoms with Gasteiger partial charge in [0.2, 0.25) is 0 Å². The van der Waals surface area contributed by atoms with Gasteiger partial charge < -0.3 is 14.9 Å². The van der Waals surface area contributed by atoms with Gasteiger partial charge in [-0.05, 0) is 24.3 Å². The average molecular weight is 359 g/mol. The Kier molecular flexibility index (Phi) is 4.67. The van der Waals surface area contributed by atoms with Crippen LogP contribution in [0.3, 0.4) is 0 Å². The standard InChI is InChI=1S/C20H21N7/c1-26-9-8-23-20(13-21-12-19(26)16-11-24-27(2)14-16)25-17-5-6-18-15(10-17)4-3-7-22-18/h3-10,12-14,24H,11H2,1-2H3,(H,23,25). The highest BCUT2D eigenvalue weighted by molar-refractivity contribution is 5.82. The van der Waals surface area contributed by atoms with Crippen molar-refractivity contribution in [3.05, 3.63) is 73.2 Å². The van der Waals surface area contributed by atoms with Crippen LogP contribution in [-0.4, -0.2) is 38.1 Å². The lowest BCUT2D eigenvalue weighted by Gasteiger charge is -2.04. The molecule has 4 rings (SSSR count). The van der Waals surface area contributed by atoms with E-state index in [0.29, 0.717) is 5.82 Å². The second kappa shape index (κ2) is 7.43. The van der Waals surface area contributed by atoms with E-state index >= 15 is 0 Å². The summed E-state index contributed by atoms with van der Waals surface area (Å²) in [6.45, 7) is 0.771. The van der Waals surface area contributed by atoms with Crippen LogP contribution in [0.25, 0.3) is 16.5 Å². The quantitative estimate of drug-likeness (QED) is 0.749. The van der Waals surface area contributed by atoms with E-state index in [9.17, 15) is 0 Å². The molecule has 0 fully saturated rings. The van der Waals surface area contributed by atoms with Crippen LogP contribution in [0, 0.1) is 0 Å². The van der Waals surface area contributed by atoms with E-state index in [1.807, 2.05) is 66.4 Å². The third-order valence-corrected chi connectivity index (χ3v) is 4.35. The normalized spacial score (nSPS) is 13.4. The monoisotopic (exact) mass is 359 g/mol. The Morgan fingerprint density at radius 2 is 2.00 bits per heavy atom. The van der Waals surface area contributed by atoms with Gasteiger partial charge in [0.15, 0.2) is 0 Å². The summed E-state index contributed by atoms with van der Waals surface area (Å²) in [7, 11) is 3.97. The topological polar surface area (TPSA) is 70.9 Å². The molecule has 0 saturated heterocycles. The molecule has 0 atom stereocenters. The zero-order valence-corrected chi connectivity index (χ0v) is 15.3. The minimum Gasteiger partial charge on any atom is -0.348 e. The van der Waals surface area contributed by atoms with E-state index in [2.05, 4.69) is 31.9 Å². The molecule has 1 aliphatic heterocycles. The van der Waals surface area contributed by atoms with E-state index < -0.39 is 0 Å². The highest BCUT2D eigenvalue weighted by atomic mass is 15.5. The maximum Gasteiger partial charge on any atom is 0.148 e. The van der Waals surface area contributed by atoms with E-state index in [1.54, 1.807) is 18.6 Å². The lowest BCUT2D eigenvalue weighted by Crippen LogP contribution is -2.23. The minimum atomic E-state index is 0.663. The van der Waals surface area contributed by atoms with Crippen molar-refractivity contribution in [2.24, 2.45) is 7.05 Å². The van der Waals surface area contributed by atoms with Crippen molar-refractivity contribution in [3.63, 3.8) is 0 Å². The lowest BCUT2D eigenvalue weighted by molar-refractivity contribution is 0.374. The number of rotatable bonds is 3. The first-order valence-corrected chi connectivity index (χ1v) is 8.69. The summed E-state index contributed by atoms with van der Waals surface area (Å²) >= 11 is 0. The van der Waals surface area contributed by atoms with Crippen molar-refractivity contribution < 1.29 is 0 Å². The van der Waals surface area contributed by atoms with Crippen molar-refractivity contribution in [2.45, 2.75) is 0 Å². The Labute approximate surface area is 157 Å². The van der Waals surface area contributed by atoms with Gasteiger partial charge in [-0.25, -0.2) is 10.4 Å². The molecule has 1 aromatic carbocycles. The van der Waals surface area contributed by atoms with Crippen LogP contribution < -0.4 is 10.7 Å². The molecule has 3 heterocycles. The van der Waals surface area contributed by atoms with Crippen molar-refractivity contribution in [1.82, 2.24) is 30.0 Å². The van der Waals surface area contributed by atoms with Gasteiger partial charge in [0.1, 0.15) is 5.82 Å². The SMILES string of the molecule is CN1C=C(c2cncc(Nc3ccc4ncccc4c3)nccn2C)CN1. The lowest BCUT2D eigenvalue weighted by atomic mass is 10.2. The predicted octanol–water partition coefficient (Wildman–Crippen LogP) is 3.02. The molecule has 0 aliphatic carbocycles. The second-order valence-corrected chi connectivity index (χ2v) is 6.35. The number of nitrogens with zero attached hydrogens (tertiary/aromatic N) is 5. The molecule has 0 radical (unpaired) electrons. The minimum absolute atomic E-state index is 0.663. The number of hydrazine groups is 1. The van der Waals surface area contributed by atoms with Gasteiger partial charge in [-0.1, -0.05) is 6.07 Å². The molecule has 3 aromatic rings. The van der Waals surface area contributed by atoms with E-state index in [1.165, 1.54) is 5.57 Å². The number of hydrogen-bond donors (Lipinski definition) is 2. The Balaban J connectivity index is 1.65. The second-order valence-electron chi connectivity index (χ2n) is 6.35. The Morgan fingerprint density at radius 3 is 2.85 bits per heavy atom. The predicted molar refractivity (Wildman–Crippen MR) is 107 cm³/mol. The number of fused-ring (bicyclic) bond motifs is 1. The summed E-state index contributed by atoms with van der Waals surface area (Å²) < 4.78 is 2.01. The van der Waals surface area contributed by atoms with Gasteiger partial charge in [-0.15, -0.1) is 0 Å². The molecule has 7 heteroatoms. The number of aryl methyl sites for hydroxylation is 1. The highest BCUT2D eigenvalue weighted by Crippen LogP contribution is 2.20. The van der Waals surface area contributed by atoms with Crippen molar-refractivity contribution >= 4 is 28.0 Å². The summed E-state index contributed by atoms with van der Waals surface area (Å²) in [5, 5.41) is 6.33. The zero-order valence-electron chi connectivity index (χ0n) is 15.3. The fraction of sp³-hybridized carbons (Fsp3) is 0.150. The van der Waals surface area contributed by atoms with Gasteiger partial charge in [0.25, 0.3) is 0 Å². The summed E-state index contributed by atoms with van der Waals surface area (Å²) in [6.07, 6.45) is 11.1. The van der Waals surface area contributed by atoms with Gasteiger partial charge >= 0.3 is 0 Å². The first kappa shape index (κ1) is 17.0. The number of pyridine rings is 1. The summed E-state index contributed by atoms with van der Waals surface area (Å²) in [5.74, 6) is 0.663. The molecule has 136 valence electrons. The summed E-state index contributed by atoms with van der Waals surface area (Å²) in [5.41, 5.74) is 7.34. The maximum absolute atomic E-state index is 4.48. The molecule has 0 unspecified atom stereocenters. The van der Waals surface area contributed by atoms with E-state index in [-0.39, 0.29) is 0 Å². The van der Waals surface area contributed by atoms with Crippen LogP contribution in [-0.2, 0) is 7.05 Å². The van der Waals surface area contributed by atoms with Crippen LogP contribution >= 0.6 is 0 Å². The maximum atomic E-state index is 4.48. The van der Waals surface area contributed by atoms with Crippen LogP contribution in [0.4, 0.5) is 11.5 Å². The number of nitrogens with one attached hydrogen (secondary N) is 2. The molecule has 0 bridgehead atoms. The van der Waals surface area contributed by atoms with E-state index in [4.69, 9.17) is 0 Å². The molecule has 0 saturated carbocycles. The first-order valence-electron chi connectivity index (χ1n) is 8.69. The van der Waals surface area contributed by atoms with Gasteiger partial charge in [-0.3, -0.25) is 9.97 Å². The smallest absolute Gasteiger partial charge is 0.148 e. The molecule has 2 aromatic heterocycles. The third kappa shape index (κ3) is 3.88. The van der Waals surface area contributed by atoms with E-state index in [0.717, 1.165) is 28.8 Å². The number of hydrogen-bond acceptors (Lipinski definition) is 6. The molecule has 0 spiro atoms. The fourth-order valence-electron chi connectivity index (χ4n) is 2.96. The number of benzene rings is 1. The van der Waals surface area contributed by atoms with Crippen molar-refractivity contribution in [3.8, 4) is 0 Å². The first-order chi connectivity index (χ1) is 13.2. The molecule has 2 N–H and O–H groups in total. The summed E-state index contributed by atoms with van der Waals surface area (Å²) in [6, 6.07) is 9.99. The Hall–Kier alpha value is -3.45. The van der Waals surface area contributed by atoms with Crippen LogP contribution in [0.1, 0.15) is 5.69 Å². The van der Waals surface area contributed by atoms with Crippen molar-refractivity contribution in [2.75, 3.05) is 18.9 Å². The summed E-state index contributed by atoms with van der Waals surface area (Å²) in [4.78, 5) is 13.3. The molecule has 27 heavy (non-hydrogen) atoms. The molecular weight excluding hydrogens is 338 g/mol.